The number of imidazole rings is 1. The van der Waals surface area contributed by atoms with E-state index < -0.39 is 0 Å². The van der Waals surface area contributed by atoms with Gasteiger partial charge in [-0.25, -0.2) is 4.98 Å². The third kappa shape index (κ3) is 4.63. The molecule has 2 rings (SSSR count). The van der Waals surface area contributed by atoms with Crippen LogP contribution in [0.5, 0.6) is 5.75 Å². The molecule has 0 unspecified atom stereocenters. The molecule has 2 aromatic rings. The van der Waals surface area contributed by atoms with Crippen molar-refractivity contribution in [3.05, 3.63) is 47.5 Å². The summed E-state index contributed by atoms with van der Waals surface area (Å²) in [6.45, 7) is 4.66. The maximum absolute atomic E-state index is 11.7. The van der Waals surface area contributed by atoms with Gasteiger partial charge >= 0.3 is 0 Å². The molecule has 0 radical (unpaired) electrons. The van der Waals surface area contributed by atoms with Gasteiger partial charge in [0.25, 0.3) is 5.91 Å². The van der Waals surface area contributed by atoms with Gasteiger partial charge in [-0.05, 0) is 37.1 Å². The van der Waals surface area contributed by atoms with Crippen LogP contribution in [-0.4, -0.2) is 28.6 Å². The molecule has 5 nitrogen and oxygen atoms in total. The first-order chi connectivity index (χ1) is 10.0. The van der Waals surface area contributed by atoms with Gasteiger partial charge in [-0.15, -0.1) is 0 Å². The Labute approximate surface area is 125 Å². The number of aromatic nitrogens is 2. The molecule has 1 N–H and O–H groups in total. The van der Waals surface area contributed by atoms with Gasteiger partial charge in [-0.1, -0.05) is 6.07 Å². The molecular formula is C16H21N3O2. The highest BCUT2D eigenvalue weighted by atomic mass is 16.5. The fraction of sp³-hybridized carbons (Fsp3) is 0.375. The average molecular weight is 287 g/mol. The van der Waals surface area contributed by atoms with E-state index in [1.54, 1.807) is 6.33 Å². The van der Waals surface area contributed by atoms with Crippen molar-refractivity contribution in [1.29, 1.82) is 0 Å². The topological polar surface area (TPSA) is 56.1 Å². The van der Waals surface area contributed by atoms with Crippen molar-refractivity contribution in [3.8, 4) is 5.75 Å². The number of ether oxygens (including phenoxy) is 1. The molecule has 0 aliphatic rings. The predicted octanol–water partition coefficient (Wildman–Crippen LogP) is 1.77. The molecule has 0 atom stereocenters. The van der Waals surface area contributed by atoms with Gasteiger partial charge in [-0.3, -0.25) is 4.79 Å². The number of nitrogens with one attached hydrogen (secondary N) is 1. The Bertz CT molecular complexity index is 620. The Morgan fingerprint density at radius 2 is 2.14 bits per heavy atom. The quantitative estimate of drug-likeness (QED) is 0.881. The standard InChI is InChI=1S/C16H21N3O2/c1-12-4-5-15(8-13(12)2)21-10-16(20)17-7-6-14-9-19(3)11-18-14/h4-5,8-9,11H,6-7,10H2,1-3H3,(H,17,20). The number of carbonyl (C=O) groups excluding carboxylic acids is 1. The predicted molar refractivity (Wildman–Crippen MR) is 81.3 cm³/mol. The molecule has 0 spiro atoms. The minimum absolute atomic E-state index is 0.0325. The fourth-order valence-electron chi connectivity index (χ4n) is 1.93. The Morgan fingerprint density at radius 3 is 2.81 bits per heavy atom. The Hall–Kier alpha value is -2.30. The number of nitrogens with zero attached hydrogens (tertiary/aromatic N) is 2. The molecule has 0 aliphatic heterocycles. The summed E-state index contributed by atoms with van der Waals surface area (Å²) in [5, 5.41) is 2.82. The molecule has 112 valence electrons. The highest BCUT2D eigenvalue weighted by Crippen LogP contribution is 2.16. The molecule has 5 heteroatoms. The lowest BCUT2D eigenvalue weighted by Gasteiger charge is -2.08. The first-order valence-corrected chi connectivity index (χ1v) is 6.98. The number of aryl methyl sites for hydroxylation is 3. The summed E-state index contributed by atoms with van der Waals surface area (Å²) in [5.74, 6) is 0.599. The molecule has 0 aliphatic carbocycles. The Kier molecular flexibility index (Phi) is 4.98. The van der Waals surface area contributed by atoms with Gasteiger partial charge in [0.05, 0.1) is 12.0 Å². The summed E-state index contributed by atoms with van der Waals surface area (Å²) in [6.07, 6.45) is 4.41. The third-order valence-electron chi connectivity index (χ3n) is 3.31. The highest BCUT2D eigenvalue weighted by molar-refractivity contribution is 5.77. The van der Waals surface area contributed by atoms with Gasteiger partial charge < -0.3 is 14.6 Å². The van der Waals surface area contributed by atoms with Crippen molar-refractivity contribution < 1.29 is 9.53 Å². The van der Waals surface area contributed by atoms with Crippen molar-refractivity contribution in [1.82, 2.24) is 14.9 Å². The largest absolute Gasteiger partial charge is 0.484 e. The molecule has 0 bridgehead atoms. The highest BCUT2D eigenvalue weighted by Gasteiger charge is 2.04. The van der Waals surface area contributed by atoms with Crippen LogP contribution in [-0.2, 0) is 18.3 Å². The van der Waals surface area contributed by atoms with Gasteiger partial charge in [-0.2, -0.15) is 0 Å². The van der Waals surface area contributed by atoms with Crippen LogP contribution in [0.15, 0.2) is 30.7 Å². The van der Waals surface area contributed by atoms with E-state index in [0.29, 0.717) is 6.54 Å². The minimum Gasteiger partial charge on any atom is -0.484 e. The lowest BCUT2D eigenvalue weighted by Crippen LogP contribution is -2.30. The van der Waals surface area contributed by atoms with Gasteiger partial charge in [0.1, 0.15) is 5.75 Å². The molecule has 0 saturated heterocycles. The van der Waals surface area contributed by atoms with E-state index in [0.717, 1.165) is 23.4 Å². The van der Waals surface area contributed by atoms with E-state index in [1.807, 2.05) is 49.9 Å². The van der Waals surface area contributed by atoms with Gasteiger partial charge in [0, 0.05) is 26.2 Å². The summed E-state index contributed by atoms with van der Waals surface area (Å²) in [5.41, 5.74) is 3.33. The SMILES string of the molecule is Cc1ccc(OCC(=O)NCCc2cn(C)cn2)cc1C. The van der Waals surface area contributed by atoms with Crippen molar-refractivity contribution >= 4 is 5.91 Å². The van der Waals surface area contributed by atoms with E-state index in [4.69, 9.17) is 4.74 Å². The van der Waals surface area contributed by atoms with Crippen molar-refractivity contribution in [3.63, 3.8) is 0 Å². The van der Waals surface area contributed by atoms with E-state index in [9.17, 15) is 4.79 Å². The number of hydrogen-bond donors (Lipinski definition) is 1. The lowest BCUT2D eigenvalue weighted by atomic mass is 10.1. The molecule has 1 aromatic heterocycles. The van der Waals surface area contributed by atoms with Crippen LogP contribution >= 0.6 is 0 Å². The van der Waals surface area contributed by atoms with Crippen LogP contribution in [0, 0.1) is 13.8 Å². The zero-order chi connectivity index (χ0) is 15.2. The lowest BCUT2D eigenvalue weighted by molar-refractivity contribution is -0.123. The maximum Gasteiger partial charge on any atom is 0.257 e. The van der Waals surface area contributed by atoms with E-state index in [-0.39, 0.29) is 12.5 Å². The number of hydrogen-bond acceptors (Lipinski definition) is 3. The van der Waals surface area contributed by atoms with Crippen molar-refractivity contribution in [2.24, 2.45) is 7.05 Å². The van der Waals surface area contributed by atoms with Crippen LogP contribution in [0.1, 0.15) is 16.8 Å². The second kappa shape index (κ2) is 6.92. The average Bonchev–Trinajstić information content (AvgIpc) is 2.86. The minimum atomic E-state index is -0.121. The zero-order valence-corrected chi connectivity index (χ0v) is 12.7. The van der Waals surface area contributed by atoms with E-state index >= 15 is 0 Å². The zero-order valence-electron chi connectivity index (χ0n) is 12.7. The van der Waals surface area contributed by atoms with Crippen LogP contribution in [0.4, 0.5) is 0 Å². The monoisotopic (exact) mass is 287 g/mol. The third-order valence-corrected chi connectivity index (χ3v) is 3.31. The summed E-state index contributed by atoms with van der Waals surface area (Å²) in [7, 11) is 1.92. The molecule has 0 fully saturated rings. The molecule has 1 amide bonds. The number of amides is 1. The summed E-state index contributed by atoms with van der Waals surface area (Å²) in [4.78, 5) is 15.9. The second-order valence-corrected chi connectivity index (χ2v) is 5.17. The Morgan fingerprint density at radius 1 is 1.33 bits per heavy atom. The number of benzene rings is 1. The molecule has 1 aromatic carbocycles. The van der Waals surface area contributed by atoms with E-state index in [2.05, 4.69) is 10.3 Å². The number of carbonyl (C=O) groups is 1. The molecule has 0 saturated carbocycles. The maximum atomic E-state index is 11.7. The van der Waals surface area contributed by atoms with Crippen LogP contribution in [0.3, 0.4) is 0 Å². The van der Waals surface area contributed by atoms with Crippen LogP contribution in [0.2, 0.25) is 0 Å². The van der Waals surface area contributed by atoms with Gasteiger partial charge in [0.15, 0.2) is 6.61 Å². The molecule has 21 heavy (non-hydrogen) atoms. The van der Waals surface area contributed by atoms with Crippen molar-refractivity contribution in [2.75, 3.05) is 13.2 Å². The summed E-state index contributed by atoms with van der Waals surface area (Å²) >= 11 is 0. The molecular weight excluding hydrogens is 266 g/mol. The Balaban J connectivity index is 1.70. The van der Waals surface area contributed by atoms with Crippen molar-refractivity contribution in [2.45, 2.75) is 20.3 Å². The second-order valence-electron chi connectivity index (χ2n) is 5.17. The fourth-order valence-corrected chi connectivity index (χ4v) is 1.93. The molecule has 1 heterocycles. The van der Waals surface area contributed by atoms with E-state index in [1.165, 1.54) is 5.56 Å². The normalized spacial score (nSPS) is 10.4. The summed E-state index contributed by atoms with van der Waals surface area (Å²) < 4.78 is 7.37. The first-order valence-electron chi connectivity index (χ1n) is 6.98. The van der Waals surface area contributed by atoms with Gasteiger partial charge in [0.2, 0.25) is 0 Å². The van der Waals surface area contributed by atoms with Crippen LogP contribution in [0.25, 0.3) is 0 Å². The number of rotatable bonds is 6. The summed E-state index contributed by atoms with van der Waals surface area (Å²) in [6, 6.07) is 5.81. The first kappa shape index (κ1) is 15.1. The van der Waals surface area contributed by atoms with Crippen LogP contribution < -0.4 is 10.1 Å². The smallest absolute Gasteiger partial charge is 0.257 e.